The third-order valence-electron chi connectivity index (χ3n) is 6.79. The van der Waals surface area contributed by atoms with E-state index in [1.165, 1.54) is 24.4 Å². The Morgan fingerprint density at radius 3 is 2.47 bits per heavy atom. The number of hydrogen-bond donors (Lipinski definition) is 2. The van der Waals surface area contributed by atoms with Crippen LogP contribution in [0.4, 0.5) is 25.3 Å². The van der Waals surface area contributed by atoms with Gasteiger partial charge in [-0.25, -0.2) is 38.5 Å². The minimum Gasteiger partial charge on any atom is -0.467 e. The maximum Gasteiger partial charge on any atom is 0.415 e. The number of carbonyl (C=O) groups excluding carboxylic acids is 1. The predicted molar refractivity (Wildman–Crippen MR) is 151 cm³/mol. The molecule has 1 aliphatic carbocycles. The number of H-pyrrole nitrogens is 1. The number of alkyl halides is 2. The zero-order valence-corrected chi connectivity index (χ0v) is 23.5. The van der Waals surface area contributed by atoms with E-state index in [0.717, 1.165) is 0 Å². The molecule has 4 aromatic heterocycles. The molecule has 4 heterocycles. The largest absolute Gasteiger partial charge is 0.467 e. The van der Waals surface area contributed by atoms with Crippen LogP contribution in [0, 0.1) is 11.3 Å². The van der Waals surface area contributed by atoms with Crippen molar-refractivity contribution in [3.05, 3.63) is 53.7 Å². The Bertz CT molecular complexity index is 1590. The van der Waals surface area contributed by atoms with Gasteiger partial charge in [-0.1, -0.05) is 11.6 Å². The summed E-state index contributed by atoms with van der Waals surface area (Å²) in [5, 5.41) is 19.8. The van der Waals surface area contributed by atoms with Gasteiger partial charge >= 0.3 is 12.1 Å². The van der Waals surface area contributed by atoms with Gasteiger partial charge in [-0.2, -0.15) is 10.4 Å². The van der Waals surface area contributed by atoms with Crippen molar-refractivity contribution >= 4 is 29.5 Å². The van der Waals surface area contributed by atoms with Crippen LogP contribution in [-0.4, -0.2) is 73.4 Å². The fraction of sp³-hybridized carbons (Fsp3) is 0.333. The number of anilines is 2. The number of aromatic amines is 1. The molecule has 1 saturated carbocycles. The zero-order valence-electron chi connectivity index (χ0n) is 22.7. The topological polar surface area (TPSA) is 168 Å². The molecule has 2 N–H and O–H groups in total. The van der Waals surface area contributed by atoms with Crippen molar-refractivity contribution in [2.45, 2.75) is 44.2 Å². The molecule has 222 valence electrons. The predicted octanol–water partition coefficient (Wildman–Crippen LogP) is 4.88. The SMILES string of the molecule is COc1ncc(-c2ccc(N(C(=O)OCC(F)F)[C@H]3CC[C@H](Nc4ncc(C#N)c(-c5n[nH]cc5Cl)n4)CC3)nc2)cn1. The van der Waals surface area contributed by atoms with Gasteiger partial charge in [-0.05, 0) is 37.8 Å². The molecule has 0 unspecified atom stereocenters. The number of rotatable bonds is 9. The average Bonchev–Trinajstić information content (AvgIpc) is 3.47. The Labute approximate surface area is 249 Å². The molecule has 1 aliphatic rings. The lowest BCUT2D eigenvalue weighted by Gasteiger charge is -2.36. The summed E-state index contributed by atoms with van der Waals surface area (Å²) in [5.41, 5.74) is 2.23. The number of halogens is 3. The Balaban J connectivity index is 1.29. The Morgan fingerprint density at radius 2 is 1.86 bits per heavy atom. The summed E-state index contributed by atoms with van der Waals surface area (Å²) in [6.45, 7) is -1.02. The minimum absolute atomic E-state index is 0.0592. The van der Waals surface area contributed by atoms with E-state index in [1.54, 1.807) is 30.7 Å². The molecule has 43 heavy (non-hydrogen) atoms. The number of nitrogens with one attached hydrogen (secondary N) is 2. The van der Waals surface area contributed by atoms with Gasteiger partial charge in [-0.15, -0.1) is 0 Å². The standard InChI is InChI=1S/C27H25ClF2N10O3/c1-42-26-34-11-17(12-35-26)15-2-7-22(32-9-15)40(27(41)43-14-21(29)30)19-5-3-18(4-6-19)37-25-33-10-16(8-31)23(38-25)24-20(28)13-36-39-24/h2,7,9-13,18-19,21H,3-6,14H2,1H3,(H,36,39)(H,33,37,38)/t18-,19-. The maximum atomic E-state index is 13.0. The van der Waals surface area contributed by atoms with Gasteiger partial charge in [0.25, 0.3) is 6.43 Å². The van der Waals surface area contributed by atoms with Gasteiger partial charge < -0.3 is 14.8 Å². The Kier molecular flexibility index (Phi) is 9.16. The van der Waals surface area contributed by atoms with Crippen LogP contribution in [0.2, 0.25) is 5.02 Å². The van der Waals surface area contributed by atoms with Crippen molar-refractivity contribution in [1.29, 1.82) is 5.26 Å². The van der Waals surface area contributed by atoms with E-state index in [4.69, 9.17) is 21.1 Å². The molecule has 0 saturated heterocycles. The van der Waals surface area contributed by atoms with Crippen LogP contribution >= 0.6 is 11.6 Å². The quantitative estimate of drug-likeness (QED) is 0.265. The van der Waals surface area contributed by atoms with Crippen LogP contribution in [0.5, 0.6) is 6.01 Å². The van der Waals surface area contributed by atoms with Gasteiger partial charge in [0.1, 0.15) is 23.3 Å². The van der Waals surface area contributed by atoms with Crippen molar-refractivity contribution in [2.75, 3.05) is 23.9 Å². The van der Waals surface area contributed by atoms with E-state index in [9.17, 15) is 18.8 Å². The highest BCUT2D eigenvalue weighted by molar-refractivity contribution is 6.32. The first-order chi connectivity index (χ1) is 20.9. The van der Waals surface area contributed by atoms with Crippen LogP contribution in [0.1, 0.15) is 31.2 Å². The van der Waals surface area contributed by atoms with E-state index in [2.05, 4.69) is 40.4 Å². The van der Waals surface area contributed by atoms with E-state index in [-0.39, 0.29) is 29.5 Å². The van der Waals surface area contributed by atoms with Crippen molar-refractivity contribution < 1.29 is 23.0 Å². The molecule has 0 spiro atoms. The highest BCUT2D eigenvalue weighted by atomic mass is 35.5. The monoisotopic (exact) mass is 610 g/mol. The second-order valence-electron chi connectivity index (χ2n) is 9.50. The molecule has 5 rings (SSSR count). The molecule has 16 heteroatoms. The molecule has 0 aliphatic heterocycles. The molecule has 13 nitrogen and oxygen atoms in total. The van der Waals surface area contributed by atoms with Crippen LogP contribution in [-0.2, 0) is 4.74 Å². The van der Waals surface area contributed by atoms with Gasteiger partial charge in [0, 0.05) is 48.0 Å². The highest BCUT2D eigenvalue weighted by Crippen LogP contribution is 2.31. The van der Waals surface area contributed by atoms with Crippen LogP contribution in [0.25, 0.3) is 22.5 Å². The number of aromatic nitrogens is 7. The van der Waals surface area contributed by atoms with Gasteiger partial charge in [0.2, 0.25) is 5.95 Å². The van der Waals surface area contributed by atoms with E-state index < -0.39 is 19.1 Å². The van der Waals surface area contributed by atoms with E-state index in [1.807, 2.05) is 6.07 Å². The number of ether oxygens (including phenoxy) is 2. The lowest BCUT2D eigenvalue weighted by molar-refractivity contribution is 0.0505. The fourth-order valence-electron chi connectivity index (χ4n) is 4.72. The van der Waals surface area contributed by atoms with Crippen LogP contribution in [0.15, 0.2) is 43.1 Å². The minimum atomic E-state index is -2.80. The number of pyridine rings is 1. The summed E-state index contributed by atoms with van der Waals surface area (Å²) in [4.78, 5) is 35.6. The maximum absolute atomic E-state index is 13.0. The van der Waals surface area contributed by atoms with E-state index in [0.29, 0.717) is 59.2 Å². The average molecular weight is 611 g/mol. The molecular weight excluding hydrogens is 586 g/mol. The summed E-state index contributed by atoms with van der Waals surface area (Å²) in [6.07, 6.45) is 6.14. The number of carbonyl (C=O) groups is 1. The molecule has 0 bridgehead atoms. The number of nitriles is 1. The number of nitrogens with zero attached hydrogens (tertiary/aromatic N) is 8. The summed E-state index contributed by atoms with van der Waals surface area (Å²) in [6, 6.07) is 5.21. The van der Waals surface area contributed by atoms with Crippen molar-refractivity contribution in [1.82, 2.24) is 35.1 Å². The Hall–Kier alpha value is -4.97. The zero-order chi connectivity index (χ0) is 30.3. The highest BCUT2D eigenvalue weighted by Gasteiger charge is 2.32. The molecule has 1 amide bonds. The van der Waals surface area contributed by atoms with Gasteiger partial charge in [0.05, 0.1) is 23.9 Å². The Morgan fingerprint density at radius 1 is 1.12 bits per heavy atom. The molecule has 1 fully saturated rings. The van der Waals surface area contributed by atoms with E-state index >= 15 is 0 Å². The first-order valence-corrected chi connectivity index (χ1v) is 13.5. The molecule has 0 aromatic carbocycles. The van der Waals surface area contributed by atoms with Gasteiger partial charge in [-0.3, -0.25) is 10.00 Å². The van der Waals surface area contributed by atoms with Crippen molar-refractivity contribution in [3.8, 4) is 34.6 Å². The first kappa shape index (κ1) is 29.5. The fourth-order valence-corrected chi connectivity index (χ4v) is 4.90. The van der Waals surface area contributed by atoms with Crippen molar-refractivity contribution in [3.63, 3.8) is 0 Å². The van der Waals surface area contributed by atoms with Crippen molar-refractivity contribution in [2.24, 2.45) is 0 Å². The second-order valence-corrected chi connectivity index (χ2v) is 9.91. The van der Waals surface area contributed by atoms with Crippen LogP contribution < -0.4 is 15.0 Å². The smallest absolute Gasteiger partial charge is 0.415 e. The van der Waals surface area contributed by atoms with Gasteiger partial charge in [0.15, 0.2) is 6.61 Å². The summed E-state index contributed by atoms with van der Waals surface area (Å²) < 4.78 is 35.6. The molecule has 0 radical (unpaired) electrons. The van der Waals surface area contributed by atoms with Crippen LogP contribution in [0.3, 0.4) is 0 Å². The lowest BCUT2D eigenvalue weighted by Crippen LogP contribution is -2.45. The number of methoxy groups -OCH3 is 1. The second kappa shape index (κ2) is 13.3. The number of amides is 1. The molecular formula is C27H25ClF2N10O3. The first-order valence-electron chi connectivity index (χ1n) is 13.2. The summed E-state index contributed by atoms with van der Waals surface area (Å²) in [7, 11) is 1.46. The molecule has 4 aromatic rings. The summed E-state index contributed by atoms with van der Waals surface area (Å²) >= 11 is 6.18. The lowest BCUT2D eigenvalue weighted by atomic mass is 9.90. The number of hydrogen-bond acceptors (Lipinski definition) is 11. The molecule has 0 atom stereocenters. The third-order valence-corrected chi connectivity index (χ3v) is 7.08. The normalized spacial score (nSPS) is 16.4. The third kappa shape index (κ3) is 6.92. The summed E-state index contributed by atoms with van der Waals surface area (Å²) in [5.74, 6) is 0.564.